The molecule has 4 rings (SSSR count). The Bertz CT molecular complexity index is 1660. The van der Waals surface area contributed by atoms with Gasteiger partial charge in [-0.25, -0.2) is 19.2 Å². The molecule has 0 saturated heterocycles. The van der Waals surface area contributed by atoms with Gasteiger partial charge in [0.05, 0.1) is 37.6 Å². The highest BCUT2D eigenvalue weighted by molar-refractivity contribution is 5.99. The van der Waals surface area contributed by atoms with Gasteiger partial charge in [-0.05, 0) is 112 Å². The van der Waals surface area contributed by atoms with Crippen molar-refractivity contribution in [2.45, 2.75) is 51.4 Å². The van der Waals surface area contributed by atoms with Crippen LogP contribution in [-0.4, -0.2) is 50.3 Å². The lowest BCUT2D eigenvalue weighted by atomic mass is 10.1. The summed E-state index contributed by atoms with van der Waals surface area (Å²) in [6.07, 6.45) is 9.29. The maximum Gasteiger partial charge on any atom is 0.343 e. The molecule has 10 heteroatoms. The maximum absolute atomic E-state index is 13.0. The van der Waals surface area contributed by atoms with Crippen LogP contribution in [0.3, 0.4) is 0 Å². The molecular weight excluding hydrogens is 664 g/mol. The van der Waals surface area contributed by atoms with E-state index >= 15 is 0 Å². The third-order valence-electron chi connectivity index (χ3n) is 7.86. The van der Waals surface area contributed by atoms with Crippen molar-refractivity contribution in [2.75, 3.05) is 26.4 Å². The van der Waals surface area contributed by atoms with E-state index in [2.05, 4.69) is 13.2 Å². The molecule has 0 atom stereocenters. The fraction of sp³-hybridized carbons (Fsp3) is 0.286. The molecule has 0 heterocycles. The molecule has 0 aromatic heterocycles. The first-order valence-corrected chi connectivity index (χ1v) is 17.4. The Balaban J connectivity index is 1.23. The van der Waals surface area contributed by atoms with Crippen LogP contribution < -0.4 is 18.9 Å². The predicted octanol–water partition coefficient (Wildman–Crippen LogP) is 8.62. The summed E-state index contributed by atoms with van der Waals surface area (Å²) in [6, 6.07) is 23.9. The number of hydrogen-bond acceptors (Lipinski definition) is 10. The number of carbonyl (C=O) groups excluding carboxylic acids is 4. The van der Waals surface area contributed by atoms with Crippen LogP contribution in [0.4, 0.5) is 0 Å². The van der Waals surface area contributed by atoms with E-state index in [9.17, 15) is 19.2 Å². The molecule has 52 heavy (non-hydrogen) atoms. The Morgan fingerprint density at radius 1 is 0.462 bits per heavy atom. The Hall–Kier alpha value is -5.90. The minimum atomic E-state index is -0.535. The summed E-state index contributed by atoms with van der Waals surface area (Å²) in [5, 5.41) is 1.22. The lowest BCUT2D eigenvalue weighted by Crippen LogP contribution is -2.10. The minimum Gasteiger partial charge on any atom is -0.494 e. The molecule has 0 aliphatic heterocycles. The third-order valence-corrected chi connectivity index (χ3v) is 7.86. The molecule has 4 aromatic carbocycles. The summed E-state index contributed by atoms with van der Waals surface area (Å²) in [5.41, 5.74) is 0.717. The standard InChI is InChI=1S/C42H44O10/c1-3-39(43)49-29-11-7-5-9-27-47-33-23-19-31(20-24-33)41(45)51-37-17-13-16-36-35(37)15-14-18-38(36)52-42(46)32-21-25-34(26-22-32)48-28-10-6-8-12-30-50-40(44)4-2/h3-4,13-26H,1-2,5-12,27-30H2. The average Bonchev–Trinajstić information content (AvgIpc) is 3.17. The quantitative estimate of drug-likeness (QED) is 0.0339. The second-order valence-corrected chi connectivity index (χ2v) is 11.7. The normalized spacial score (nSPS) is 10.5. The Morgan fingerprint density at radius 3 is 1.19 bits per heavy atom. The molecule has 0 radical (unpaired) electrons. The van der Waals surface area contributed by atoms with Crippen molar-refractivity contribution in [3.8, 4) is 23.0 Å². The van der Waals surface area contributed by atoms with Gasteiger partial charge < -0.3 is 28.4 Å². The van der Waals surface area contributed by atoms with E-state index in [1.165, 1.54) is 0 Å². The molecule has 0 amide bonds. The zero-order valence-electron chi connectivity index (χ0n) is 29.2. The molecule has 0 fully saturated rings. The first kappa shape index (κ1) is 38.9. The van der Waals surface area contributed by atoms with Gasteiger partial charge in [-0.3, -0.25) is 0 Å². The largest absolute Gasteiger partial charge is 0.494 e. The summed E-state index contributed by atoms with van der Waals surface area (Å²) in [5.74, 6) is 0.0630. The first-order chi connectivity index (χ1) is 25.4. The van der Waals surface area contributed by atoms with Gasteiger partial charge in [0, 0.05) is 22.9 Å². The predicted molar refractivity (Wildman–Crippen MR) is 197 cm³/mol. The van der Waals surface area contributed by atoms with E-state index in [-0.39, 0.29) is 0 Å². The van der Waals surface area contributed by atoms with Gasteiger partial charge in [0.1, 0.15) is 23.0 Å². The van der Waals surface area contributed by atoms with Crippen molar-refractivity contribution < 1.29 is 47.6 Å². The van der Waals surface area contributed by atoms with Crippen LogP contribution in [-0.2, 0) is 19.1 Å². The first-order valence-electron chi connectivity index (χ1n) is 17.4. The monoisotopic (exact) mass is 708 g/mol. The van der Waals surface area contributed by atoms with Crippen LogP contribution in [0.2, 0.25) is 0 Å². The van der Waals surface area contributed by atoms with Gasteiger partial charge in [-0.1, -0.05) is 37.4 Å². The number of benzene rings is 4. The summed E-state index contributed by atoms with van der Waals surface area (Å²) >= 11 is 0. The van der Waals surface area contributed by atoms with E-state index in [0.29, 0.717) is 71.3 Å². The van der Waals surface area contributed by atoms with Crippen LogP contribution in [0.25, 0.3) is 10.8 Å². The summed E-state index contributed by atoms with van der Waals surface area (Å²) in [6.45, 7) is 8.56. The Morgan fingerprint density at radius 2 is 0.827 bits per heavy atom. The molecule has 0 aliphatic carbocycles. The van der Waals surface area contributed by atoms with Crippen LogP contribution in [0, 0.1) is 0 Å². The molecule has 0 aliphatic rings. The van der Waals surface area contributed by atoms with E-state index in [0.717, 1.165) is 63.5 Å². The number of hydrogen-bond donors (Lipinski definition) is 0. The number of ether oxygens (including phenoxy) is 6. The molecule has 4 aromatic rings. The van der Waals surface area contributed by atoms with Crippen LogP contribution in [0.5, 0.6) is 23.0 Å². The summed E-state index contributed by atoms with van der Waals surface area (Å²) < 4.78 is 33.0. The van der Waals surface area contributed by atoms with Gasteiger partial charge in [0.15, 0.2) is 0 Å². The summed E-state index contributed by atoms with van der Waals surface area (Å²) in [4.78, 5) is 48.2. The Labute approximate surface area is 303 Å². The van der Waals surface area contributed by atoms with Crippen LogP contribution in [0.1, 0.15) is 72.1 Å². The van der Waals surface area contributed by atoms with Gasteiger partial charge >= 0.3 is 23.9 Å². The SMILES string of the molecule is C=CC(=O)OCCCCCCOc1ccc(C(=O)Oc2cccc3c(OC(=O)c4ccc(OCCCCCCOC(=O)C=C)cc4)cccc23)cc1. The smallest absolute Gasteiger partial charge is 0.343 e. The number of carbonyl (C=O) groups is 4. The number of esters is 4. The van der Waals surface area contributed by atoms with Crippen molar-refractivity contribution in [2.24, 2.45) is 0 Å². The molecule has 272 valence electrons. The lowest BCUT2D eigenvalue weighted by molar-refractivity contribution is -0.138. The summed E-state index contributed by atoms with van der Waals surface area (Å²) in [7, 11) is 0. The zero-order valence-corrected chi connectivity index (χ0v) is 29.2. The van der Waals surface area contributed by atoms with Crippen molar-refractivity contribution >= 4 is 34.6 Å². The highest BCUT2D eigenvalue weighted by Crippen LogP contribution is 2.33. The highest BCUT2D eigenvalue weighted by atomic mass is 16.5. The molecular formula is C42H44O10. The third kappa shape index (κ3) is 12.8. The fourth-order valence-corrected chi connectivity index (χ4v) is 5.08. The topological polar surface area (TPSA) is 124 Å². The van der Waals surface area contributed by atoms with E-state index in [4.69, 9.17) is 28.4 Å². The highest BCUT2D eigenvalue weighted by Gasteiger charge is 2.16. The fourth-order valence-electron chi connectivity index (χ4n) is 5.08. The van der Waals surface area contributed by atoms with E-state index in [1.54, 1.807) is 84.9 Å². The van der Waals surface area contributed by atoms with Gasteiger partial charge in [-0.2, -0.15) is 0 Å². The zero-order chi connectivity index (χ0) is 37.0. The maximum atomic E-state index is 13.0. The number of fused-ring (bicyclic) bond motifs is 1. The van der Waals surface area contributed by atoms with Gasteiger partial charge in [-0.15, -0.1) is 0 Å². The van der Waals surface area contributed by atoms with Crippen molar-refractivity contribution in [3.05, 3.63) is 121 Å². The van der Waals surface area contributed by atoms with Crippen molar-refractivity contribution in [3.63, 3.8) is 0 Å². The van der Waals surface area contributed by atoms with E-state index in [1.807, 2.05) is 0 Å². The molecule has 0 N–H and O–H groups in total. The van der Waals surface area contributed by atoms with Crippen LogP contribution in [0.15, 0.2) is 110 Å². The average molecular weight is 709 g/mol. The molecule has 0 bridgehead atoms. The van der Waals surface area contributed by atoms with Gasteiger partial charge in [0.2, 0.25) is 0 Å². The van der Waals surface area contributed by atoms with E-state index < -0.39 is 23.9 Å². The minimum absolute atomic E-state index is 0.331. The second-order valence-electron chi connectivity index (χ2n) is 11.7. The molecule has 10 nitrogen and oxygen atoms in total. The second kappa shape index (κ2) is 21.3. The molecule has 0 unspecified atom stereocenters. The molecule has 0 saturated carbocycles. The molecule has 0 spiro atoms. The van der Waals surface area contributed by atoms with Crippen LogP contribution >= 0.6 is 0 Å². The van der Waals surface area contributed by atoms with Crippen molar-refractivity contribution in [1.82, 2.24) is 0 Å². The lowest BCUT2D eigenvalue weighted by Gasteiger charge is -2.12. The Kier molecular flexibility index (Phi) is 16.0. The number of unbranched alkanes of at least 4 members (excludes halogenated alkanes) is 6. The van der Waals surface area contributed by atoms with Gasteiger partial charge in [0.25, 0.3) is 0 Å². The number of rotatable bonds is 22. The van der Waals surface area contributed by atoms with Crippen molar-refractivity contribution in [1.29, 1.82) is 0 Å².